The summed E-state index contributed by atoms with van der Waals surface area (Å²) in [5, 5.41) is 6.32. The van der Waals surface area contributed by atoms with Gasteiger partial charge in [0, 0.05) is 21.6 Å². The van der Waals surface area contributed by atoms with Crippen molar-refractivity contribution in [2.24, 2.45) is 0 Å². The lowest BCUT2D eigenvalue weighted by Crippen LogP contribution is -2.45. The van der Waals surface area contributed by atoms with Gasteiger partial charge < -0.3 is 15.4 Å². The number of hydrogen-bond donors (Lipinski definition) is 2. The summed E-state index contributed by atoms with van der Waals surface area (Å²) in [5.41, 5.74) is 0.924. The van der Waals surface area contributed by atoms with Crippen molar-refractivity contribution in [2.75, 3.05) is 13.2 Å². The SMILES string of the molecule is CC(C)(C)NC(=O)CNC1CCCOc2cc(Br)ccc21. The third kappa shape index (κ3) is 5.00. The zero-order valence-corrected chi connectivity index (χ0v) is 14.4. The van der Waals surface area contributed by atoms with E-state index in [1.165, 1.54) is 0 Å². The van der Waals surface area contributed by atoms with Gasteiger partial charge in [0.1, 0.15) is 5.75 Å². The van der Waals surface area contributed by atoms with Gasteiger partial charge in [-0.1, -0.05) is 22.0 Å². The number of carbonyl (C=O) groups is 1. The molecular formula is C16H23BrN2O2. The summed E-state index contributed by atoms with van der Waals surface area (Å²) < 4.78 is 6.78. The van der Waals surface area contributed by atoms with Crippen LogP contribution in [0.2, 0.25) is 0 Å². The zero-order chi connectivity index (χ0) is 15.5. The number of ether oxygens (including phenoxy) is 1. The summed E-state index contributed by atoms with van der Waals surface area (Å²) >= 11 is 3.47. The van der Waals surface area contributed by atoms with Gasteiger partial charge in [0.25, 0.3) is 0 Å². The fraction of sp³-hybridized carbons (Fsp3) is 0.562. The van der Waals surface area contributed by atoms with Gasteiger partial charge in [0.15, 0.2) is 0 Å². The molecule has 1 unspecified atom stereocenters. The molecule has 1 aliphatic heterocycles. The van der Waals surface area contributed by atoms with Gasteiger partial charge in [-0.25, -0.2) is 0 Å². The van der Waals surface area contributed by atoms with E-state index in [9.17, 15) is 4.79 Å². The van der Waals surface area contributed by atoms with Crippen LogP contribution >= 0.6 is 15.9 Å². The lowest BCUT2D eigenvalue weighted by Gasteiger charge is -2.23. The molecule has 0 aliphatic carbocycles. The van der Waals surface area contributed by atoms with Gasteiger partial charge in [-0.05, 0) is 45.7 Å². The first-order chi connectivity index (χ1) is 9.85. The fourth-order valence-electron chi connectivity index (χ4n) is 2.44. The highest BCUT2D eigenvalue weighted by Crippen LogP contribution is 2.33. The minimum Gasteiger partial charge on any atom is -0.493 e. The number of amides is 1. The monoisotopic (exact) mass is 354 g/mol. The predicted octanol–water partition coefficient (Wildman–Crippen LogP) is 3.17. The predicted molar refractivity (Wildman–Crippen MR) is 87.5 cm³/mol. The Hall–Kier alpha value is -1.07. The second-order valence-corrected chi connectivity index (χ2v) is 7.32. The second-order valence-electron chi connectivity index (χ2n) is 6.40. The Bertz CT molecular complexity index is 511. The molecule has 1 amide bonds. The lowest BCUT2D eigenvalue weighted by molar-refractivity contribution is -0.121. The minimum atomic E-state index is -0.200. The first kappa shape index (κ1) is 16.3. The molecule has 21 heavy (non-hydrogen) atoms. The molecule has 1 atom stereocenters. The maximum Gasteiger partial charge on any atom is 0.234 e. The van der Waals surface area contributed by atoms with E-state index in [0.29, 0.717) is 6.54 Å². The van der Waals surface area contributed by atoms with Crippen LogP contribution in [0, 0.1) is 0 Å². The number of halogens is 1. The highest BCUT2D eigenvalue weighted by atomic mass is 79.9. The molecule has 0 saturated carbocycles. The average Bonchev–Trinajstić information content (AvgIpc) is 2.56. The van der Waals surface area contributed by atoms with E-state index in [0.717, 1.165) is 35.2 Å². The zero-order valence-electron chi connectivity index (χ0n) is 12.8. The fourth-order valence-corrected chi connectivity index (χ4v) is 2.78. The molecule has 116 valence electrons. The average molecular weight is 355 g/mol. The molecule has 1 aromatic rings. The summed E-state index contributed by atoms with van der Waals surface area (Å²) in [5.74, 6) is 0.918. The summed E-state index contributed by atoms with van der Waals surface area (Å²) in [4.78, 5) is 11.9. The summed E-state index contributed by atoms with van der Waals surface area (Å²) in [6.07, 6.45) is 1.95. The van der Waals surface area contributed by atoms with Gasteiger partial charge in [-0.2, -0.15) is 0 Å². The molecule has 0 bridgehead atoms. The van der Waals surface area contributed by atoms with E-state index < -0.39 is 0 Å². The molecule has 2 N–H and O–H groups in total. The van der Waals surface area contributed by atoms with Crippen molar-refractivity contribution in [3.05, 3.63) is 28.2 Å². The Labute approximate surface area is 134 Å². The summed E-state index contributed by atoms with van der Waals surface area (Å²) in [7, 11) is 0. The van der Waals surface area contributed by atoms with Crippen LogP contribution in [0.5, 0.6) is 5.75 Å². The first-order valence-electron chi connectivity index (χ1n) is 7.32. The number of carbonyl (C=O) groups excluding carboxylic acids is 1. The van der Waals surface area contributed by atoms with Crippen molar-refractivity contribution in [3.8, 4) is 5.75 Å². The molecule has 1 aromatic carbocycles. The van der Waals surface area contributed by atoms with E-state index >= 15 is 0 Å². The van der Waals surface area contributed by atoms with Crippen LogP contribution < -0.4 is 15.4 Å². The van der Waals surface area contributed by atoms with Gasteiger partial charge >= 0.3 is 0 Å². The highest BCUT2D eigenvalue weighted by Gasteiger charge is 2.21. The Morgan fingerprint density at radius 1 is 1.43 bits per heavy atom. The molecular weight excluding hydrogens is 332 g/mol. The number of hydrogen-bond acceptors (Lipinski definition) is 3. The molecule has 2 rings (SSSR count). The van der Waals surface area contributed by atoms with E-state index in [4.69, 9.17) is 4.74 Å². The Kier molecular flexibility index (Phi) is 5.27. The number of benzene rings is 1. The lowest BCUT2D eigenvalue weighted by atomic mass is 10.0. The molecule has 1 aliphatic rings. The van der Waals surface area contributed by atoms with Crippen molar-refractivity contribution in [1.29, 1.82) is 0 Å². The van der Waals surface area contributed by atoms with Crippen molar-refractivity contribution in [2.45, 2.75) is 45.2 Å². The van der Waals surface area contributed by atoms with Crippen LogP contribution in [0.25, 0.3) is 0 Å². The van der Waals surface area contributed by atoms with Crippen LogP contribution in [-0.4, -0.2) is 24.6 Å². The highest BCUT2D eigenvalue weighted by molar-refractivity contribution is 9.10. The maximum atomic E-state index is 11.9. The summed E-state index contributed by atoms with van der Waals surface area (Å²) in [6, 6.07) is 6.22. The first-order valence-corrected chi connectivity index (χ1v) is 8.11. The molecule has 5 heteroatoms. The second kappa shape index (κ2) is 6.79. The van der Waals surface area contributed by atoms with Crippen molar-refractivity contribution in [3.63, 3.8) is 0 Å². The molecule has 0 aromatic heterocycles. The van der Waals surface area contributed by atoms with Gasteiger partial charge in [0.2, 0.25) is 5.91 Å². The molecule has 0 fully saturated rings. The third-order valence-corrected chi connectivity index (χ3v) is 3.76. The molecule has 1 heterocycles. The molecule has 0 radical (unpaired) electrons. The van der Waals surface area contributed by atoms with Crippen LogP contribution in [0.15, 0.2) is 22.7 Å². The topological polar surface area (TPSA) is 50.4 Å². The van der Waals surface area contributed by atoms with E-state index in [-0.39, 0.29) is 17.5 Å². The smallest absolute Gasteiger partial charge is 0.234 e. The van der Waals surface area contributed by atoms with Gasteiger partial charge in [-0.3, -0.25) is 4.79 Å². The maximum absolute atomic E-state index is 11.9. The van der Waals surface area contributed by atoms with Crippen LogP contribution in [-0.2, 0) is 4.79 Å². The number of rotatable bonds is 3. The number of nitrogens with one attached hydrogen (secondary N) is 2. The van der Waals surface area contributed by atoms with Crippen molar-refractivity contribution >= 4 is 21.8 Å². The van der Waals surface area contributed by atoms with E-state index in [2.05, 4.69) is 32.6 Å². The standard InChI is InChI=1S/C16H23BrN2O2/c1-16(2,3)19-15(20)10-18-13-5-4-8-21-14-9-11(17)6-7-12(13)14/h6-7,9,13,18H,4-5,8,10H2,1-3H3,(H,19,20). The van der Waals surface area contributed by atoms with Crippen LogP contribution in [0.1, 0.15) is 45.2 Å². The largest absolute Gasteiger partial charge is 0.493 e. The van der Waals surface area contributed by atoms with Crippen LogP contribution in [0.3, 0.4) is 0 Å². The van der Waals surface area contributed by atoms with E-state index in [1.54, 1.807) is 0 Å². The molecule has 0 spiro atoms. The normalized spacial score (nSPS) is 18.4. The minimum absolute atomic E-state index is 0.0197. The van der Waals surface area contributed by atoms with Crippen molar-refractivity contribution < 1.29 is 9.53 Å². The quantitative estimate of drug-likeness (QED) is 0.876. The Morgan fingerprint density at radius 2 is 2.19 bits per heavy atom. The van der Waals surface area contributed by atoms with Crippen LogP contribution in [0.4, 0.5) is 0 Å². The van der Waals surface area contributed by atoms with E-state index in [1.807, 2.05) is 32.9 Å². The van der Waals surface area contributed by atoms with Gasteiger partial charge in [0.05, 0.1) is 13.2 Å². The molecule has 0 saturated heterocycles. The Morgan fingerprint density at radius 3 is 2.90 bits per heavy atom. The third-order valence-electron chi connectivity index (χ3n) is 3.27. The molecule has 4 nitrogen and oxygen atoms in total. The number of fused-ring (bicyclic) bond motifs is 1. The van der Waals surface area contributed by atoms with Gasteiger partial charge in [-0.15, -0.1) is 0 Å². The Balaban J connectivity index is 2.02. The van der Waals surface area contributed by atoms with Crippen molar-refractivity contribution in [1.82, 2.24) is 10.6 Å². The summed E-state index contributed by atoms with van der Waals surface area (Å²) in [6.45, 7) is 6.99.